The Morgan fingerprint density at radius 1 is 1.15 bits per heavy atom. The number of halogens is 1. The second-order valence-electron chi connectivity index (χ2n) is 5.20. The van der Waals surface area contributed by atoms with Crippen LogP contribution in [0.3, 0.4) is 0 Å². The maximum Gasteiger partial charge on any atom is 0.0845 e. The molecule has 2 aromatic carbocycles. The third-order valence-corrected chi connectivity index (χ3v) is 4.11. The molecule has 104 valence electrons. The average Bonchev–Trinajstić information content (AvgIpc) is 2.48. The summed E-state index contributed by atoms with van der Waals surface area (Å²) in [4.78, 5) is 0. The monoisotopic (exact) mass is 287 g/mol. The van der Waals surface area contributed by atoms with Crippen molar-refractivity contribution >= 4 is 11.6 Å². The largest absolute Gasteiger partial charge is 0.373 e. The van der Waals surface area contributed by atoms with E-state index in [-0.39, 0.29) is 12.1 Å². The van der Waals surface area contributed by atoms with Crippen LogP contribution in [0.5, 0.6) is 0 Å². The summed E-state index contributed by atoms with van der Waals surface area (Å²) in [6, 6.07) is 16.2. The van der Waals surface area contributed by atoms with Gasteiger partial charge in [0.05, 0.1) is 12.7 Å². The highest BCUT2D eigenvalue weighted by atomic mass is 35.5. The van der Waals surface area contributed by atoms with Crippen LogP contribution in [0, 0.1) is 0 Å². The van der Waals surface area contributed by atoms with Crippen molar-refractivity contribution in [2.75, 3.05) is 6.61 Å². The fraction of sp³-hybridized carbons (Fsp3) is 0.294. The Hall–Kier alpha value is -1.35. The molecule has 0 radical (unpaired) electrons. The molecule has 3 rings (SSSR count). The molecule has 0 amide bonds. The first kappa shape index (κ1) is 13.6. The van der Waals surface area contributed by atoms with Gasteiger partial charge in [0.25, 0.3) is 0 Å². The van der Waals surface area contributed by atoms with Gasteiger partial charge in [0.15, 0.2) is 0 Å². The first-order valence-electron chi connectivity index (χ1n) is 6.94. The molecule has 1 aliphatic rings. The fourth-order valence-electron chi connectivity index (χ4n) is 2.75. The first-order valence-corrected chi connectivity index (χ1v) is 7.32. The lowest BCUT2D eigenvalue weighted by atomic mass is 9.92. The Labute approximate surface area is 124 Å². The molecule has 1 aliphatic heterocycles. The predicted octanol–water partition coefficient (Wildman–Crippen LogP) is 4.04. The molecule has 3 heteroatoms. The summed E-state index contributed by atoms with van der Waals surface area (Å²) in [5, 5.41) is 0.736. The molecule has 0 saturated carbocycles. The van der Waals surface area contributed by atoms with E-state index >= 15 is 0 Å². The Morgan fingerprint density at radius 2 is 1.90 bits per heavy atom. The van der Waals surface area contributed by atoms with Crippen LogP contribution in [-0.4, -0.2) is 6.61 Å². The minimum Gasteiger partial charge on any atom is -0.373 e. The van der Waals surface area contributed by atoms with E-state index in [0.717, 1.165) is 30.0 Å². The lowest BCUT2D eigenvalue weighted by Crippen LogP contribution is -2.21. The molecule has 2 aromatic rings. The summed E-state index contributed by atoms with van der Waals surface area (Å²) < 4.78 is 5.91. The topological polar surface area (TPSA) is 35.2 Å². The van der Waals surface area contributed by atoms with Gasteiger partial charge >= 0.3 is 0 Å². The van der Waals surface area contributed by atoms with Crippen molar-refractivity contribution in [1.82, 2.24) is 0 Å². The normalized spacial score (nSPS) is 19.4. The number of fused-ring (bicyclic) bond motifs is 1. The van der Waals surface area contributed by atoms with Crippen LogP contribution >= 0.6 is 11.6 Å². The highest BCUT2D eigenvalue weighted by Crippen LogP contribution is 2.33. The van der Waals surface area contributed by atoms with Gasteiger partial charge in [0, 0.05) is 11.1 Å². The molecular formula is C17H18ClNO. The molecule has 0 saturated heterocycles. The summed E-state index contributed by atoms with van der Waals surface area (Å²) >= 11 is 5.91. The van der Waals surface area contributed by atoms with Crippen molar-refractivity contribution in [3.63, 3.8) is 0 Å². The number of ether oxygens (including phenoxy) is 1. The van der Waals surface area contributed by atoms with Crippen LogP contribution in [0.25, 0.3) is 0 Å². The van der Waals surface area contributed by atoms with Crippen LogP contribution in [0.2, 0.25) is 5.02 Å². The van der Waals surface area contributed by atoms with Crippen molar-refractivity contribution in [3.05, 3.63) is 70.2 Å². The van der Waals surface area contributed by atoms with Crippen molar-refractivity contribution in [2.45, 2.75) is 25.0 Å². The van der Waals surface area contributed by atoms with Gasteiger partial charge in [-0.2, -0.15) is 0 Å². The van der Waals surface area contributed by atoms with Crippen molar-refractivity contribution in [3.8, 4) is 0 Å². The molecule has 0 spiro atoms. The number of benzene rings is 2. The second-order valence-corrected chi connectivity index (χ2v) is 5.64. The third-order valence-electron chi connectivity index (χ3n) is 3.86. The average molecular weight is 288 g/mol. The van der Waals surface area contributed by atoms with E-state index in [2.05, 4.69) is 24.3 Å². The van der Waals surface area contributed by atoms with Gasteiger partial charge in [-0.15, -0.1) is 0 Å². The predicted molar refractivity (Wildman–Crippen MR) is 81.8 cm³/mol. The Morgan fingerprint density at radius 3 is 2.70 bits per heavy atom. The van der Waals surface area contributed by atoms with Gasteiger partial charge in [-0.1, -0.05) is 48.0 Å². The quantitative estimate of drug-likeness (QED) is 0.924. The maximum absolute atomic E-state index is 6.31. The molecule has 2 unspecified atom stereocenters. The minimum absolute atomic E-state index is 0.0385. The Balaban J connectivity index is 1.77. The van der Waals surface area contributed by atoms with E-state index in [0.29, 0.717) is 0 Å². The number of hydrogen-bond acceptors (Lipinski definition) is 2. The van der Waals surface area contributed by atoms with Gasteiger partial charge in [-0.05, 0) is 41.7 Å². The van der Waals surface area contributed by atoms with Crippen LogP contribution in [0.1, 0.15) is 35.3 Å². The standard InChI is InChI=1S/C17H18ClNO/c18-14-7-5-13(6-8-14)16(19)11-17-15-4-2-1-3-12(15)9-10-20-17/h1-8,16-17H,9-11,19H2. The number of rotatable bonds is 3. The van der Waals surface area contributed by atoms with Gasteiger partial charge in [-0.3, -0.25) is 0 Å². The molecule has 2 N–H and O–H groups in total. The van der Waals surface area contributed by atoms with Crippen molar-refractivity contribution in [2.24, 2.45) is 5.73 Å². The molecule has 0 bridgehead atoms. The zero-order valence-corrected chi connectivity index (χ0v) is 12.0. The van der Waals surface area contributed by atoms with Crippen molar-refractivity contribution < 1.29 is 4.74 Å². The first-order chi connectivity index (χ1) is 9.74. The lowest BCUT2D eigenvalue weighted by molar-refractivity contribution is 0.0320. The molecule has 1 heterocycles. The molecule has 2 nitrogen and oxygen atoms in total. The van der Waals surface area contributed by atoms with Gasteiger partial charge in [0.2, 0.25) is 0 Å². The van der Waals surface area contributed by atoms with Gasteiger partial charge in [-0.25, -0.2) is 0 Å². The summed E-state index contributed by atoms with van der Waals surface area (Å²) in [6.45, 7) is 0.773. The number of hydrogen-bond donors (Lipinski definition) is 1. The zero-order valence-electron chi connectivity index (χ0n) is 11.3. The SMILES string of the molecule is NC(CC1OCCc2ccccc21)c1ccc(Cl)cc1. The van der Waals surface area contributed by atoms with E-state index in [1.807, 2.05) is 24.3 Å². The minimum atomic E-state index is -0.0385. The third kappa shape index (κ3) is 2.88. The molecule has 2 atom stereocenters. The zero-order chi connectivity index (χ0) is 13.9. The Kier molecular flexibility index (Phi) is 4.06. The van der Waals surface area contributed by atoms with E-state index in [9.17, 15) is 0 Å². The van der Waals surface area contributed by atoms with E-state index < -0.39 is 0 Å². The molecule has 0 aliphatic carbocycles. The van der Waals surface area contributed by atoms with Crippen LogP contribution in [0.4, 0.5) is 0 Å². The maximum atomic E-state index is 6.31. The van der Waals surface area contributed by atoms with Crippen LogP contribution in [-0.2, 0) is 11.2 Å². The van der Waals surface area contributed by atoms with E-state index in [1.165, 1.54) is 11.1 Å². The van der Waals surface area contributed by atoms with Crippen molar-refractivity contribution in [1.29, 1.82) is 0 Å². The molecule has 0 aromatic heterocycles. The summed E-state index contributed by atoms with van der Waals surface area (Å²) in [6.07, 6.45) is 1.87. The smallest absolute Gasteiger partial charge is 0.0845 e. The van der Waals surface area contributed by atoms with E-state index in [4.69, 9.17) is 22.1 Å². The Bertz CT molecular complexity index is 582. The summed E-state index contributed by atoms with van der Waals surface area (Å²) in [7, 11) is 0. The highest BCUT2D eigenvalue weighted by molar-refractivity contribution is 6.30. The molecule has 0 fully saturated rings. The highest BCUT2D eigenvalue weighted by Gasteiger charge is 2.23. The van der Waals surface area contributed by atoms with Gasteiger partial charge < -0.3 is 10.5 Å². The fourth-order valence-corrected chi connectivity index (χ4v) is 2.87. The molecule has 20 heavy (non-hydrogen) atoms. The number of nitrogens with two attached hydrogens (primary N) is 1. The summed E-state index contributed by atoms with van der Waals surface area (Å²) in [5.41, 5.74) is 10.1. The van der Waals surface area contributed by atoms with Crippen LogP contribution < -0.4 is 5.73 Å². The van der Waals surface area contributed by atoms with Gasteiger partial charge in [0.1, 0.15) is 0 Å². The van der Waals surface area contributed by atoms with E-state index in [1.54, 1.807) is 0 Å². The summed E-state index contributed by atoms with van der Waals surface area (Å²) in [5.74, 6) is 0. The molecular weight excluding hydrogens is 270 g/mol. The lowest BCUT2D eigenvalue weighted by Gasteiger charge is -2.28. The second kappa shape index (κ2) is 5.96. The van der Waals surface area contributed by atoms with Crippen LogP contribution in [0.15, 0.2) is 48.5 Å².